The van der Waals surface area contributed by atoms with Crippen molar-refractivity contribution >= 4 is 18.1 Å². The van der Waals surface area contributed by atoms with E-state index in [1.54, 1.807) is 0 Å². The van der Waals surface area contributed by atoms with Crippen LogP contribution in [0.1, 0.15) is 31.1 Å². The van der Waals surface area contributed by atoms with Crippen LogP contribution in [0.3, 0.4) is 0 Å². The largest absolute Gasteiger partial charge is 0.444 e. The molecule has 2 heterocycles. The molecule has 2 saturated heterocycles. The van der Waals surface area contributed by atoms with Gasteiger partial charge in [0.25, 0.3) is 0 Å². The minimum Gasteiger partial charge on any atom is -0.444 e. The van der Waals surface area contributed by atoms with Gasteiger partial charge in [0.15, 0.2) is 0 Å². The van der Waals surface area contributed by atoms with Crippen LogP contribution in [0.4, 0.5) is 10.5 Å². The summed E-state index contributed by atoms with van der Waals surface area (Å²) in [5.74, 6) is 0.988. The average molecular weight is 316 g/mol. The van der Waals surface area contributed by atoms with Gasteiger partial charge in [-0.1, -0.05) is 0 Å². The first-order chi connectivity index (χ1) is 10.9. The predicted molar refractivity (Wildman–Crippen MR) is 88.8 cm³/mol. The number of nitrogens with zero attached hydrogens (tertiary/aromatic N) is 2. The maximum atomic E-state index is 12.2. The van der Waals surface area contributed by atoms with E-state index in [2.05, 4.69) is 4.90 Å². The Labute approximate surface area is 137 Å². The van der Waals surface area contributed by atoms with Crippen LogP contribution < -0.4 is 4.90 Å². The molecule has 23 heavy (non-hydrogen) atoms. The summed E-state index contributed by atoms with van der Waals surface area (Å²) in [4.78, 5) is 27.1. The molecule has 2 unspecified atom stereocenters. The van der Waals surface area contributed by atoms with Gasteiger partial charge in [0.1, 0.15) is 11.9 Å². The van der Waals surface area contributed by atoms with E-state index in [-0.39, 0.29) is 6.09 Å². The summed E-state index contributed by atoms with van der Waals surface area (Å²) in [6, 6.07) is 7.69. The van der Waals surface area contributed by atoms with E-state index in [1.807, 2.05) is 49.9 Å². The summed E-state index contributed by atoms with van der Waals surface area (Å²) in [7, 11) is 0. The molecule has 2 aliphatic rings. The number of hydrogen-bond donors (Lipinski definition) is 0. The molecule has 3 rings (SSSR count). The van der Waals surface area contributed by atoms with Gasteiger partial charge in [0, 0.05) is 49.3 Å². The fraction of sp³-hybridized carbons (Fsp3) is 0.556. The van der Waals surface area contributed by atoms with Crippen molar-refractivity contribution in [3.05, 3.63) is 29.8 Å². The van der Waals surface area contributed by atoms with Crippen molar-refractivity contribution in [2.45, 2.75) is 26.4 Å². The Hall–Kier alpha value is -2.04. The second kappa shape index (κ2) is 5.87. The molecule has 2 fully saturated rings. The lowest BCUT2D eigenvalue weighted by Gasteiger charge is -2.26. The third kappa shape index (κ3) is 3.49. The molecule has 5 nitrogen and oxygen atoms in total. The molecule has 1 aromatic rings. The summed E-state index contributed by atoms with van der Waals surface area (Å²) in [5.41, 5.74) is 1.40. The Morgan fingerprint density at radius 1 is 1.09 bits per heavy atom. The van der Waals surface area contributed by atoms with E-state index in [1.165, 1.54) is 0 Å². The first-order valence-corrected chi connectivity index (χ1v) is 8.14. The van der Waals surface area contributed by atoms with Crippen molar-refractivity contribution in [2.75, 3.05) is 31.1 Å². The van der Waals surface area contributed by atoms with Crippen LogP contribution in [0.5, 0.6) is 0 Å². The number of carbonyl (C=O) groups is 2. The highest BCUT2D eigenvalue weighted by atomic mass is 16.6. The number of hydrogen-bond acceptors (Lipinski definition) is 4. The molecule has 0 spiro atoms. The Morgan fingerprint density at radius 3 is 2.13 bits per heavy atom. The van der Waals surface area contributed by atoms with Gasteiger partial charge in [-0.05, 0) is 45.0 Å². The zero-order valence-corrected chi connectivity index (χ0v) is 14.0. The second-order valence-corrected chi connectivity index (χ2v) is 7.52. The van der Waals surface area contributed by atoms with Crippen LogP contribution in [-0.4, -0.2) is 49.1 Å². The van der Waals surface area contributed by atoms with Crippen LogP contribution in [0.25, 0.3) is 0 Å². The van der Waals surface area contributed by atoms with Crippen molar-refractivity contribution in [2.24, 2.45) is 11.8 Å². The number of rotatable bonds is 2. The Morgan fingerprint density at radius 2 is 1.65 bits per heavy atom. The minimum absolute atomic E-state index is 0.200. The van der Waals surface area contributed by atoms with Gasteiger partial charge in [-0.25, -0.2) is 4.79 Å². The van der Waals surface area contributed by atoms with E-state index < -0.39 is 5.60 Å². The molecule has 1 amide bonds. The van der Waals surface area contributed by atoms with Crippen LogP contribution >= 0.6 is 0 Å². The van der Waals surface area contributed by atoms with Crippen LogP contribution in [-0.2, 0) is 4.74 Å². The number of benzene rings is 1. The van der Waals surface area contributed by atoms with E-state index >= 15 is 0 Å². The molecule has 2 aliphatic heterocycles. The van der Waals surface area contributed by atoms with Crippen LogP contribution in [0.2, 0.25) is 0 Å². The van der Waals surface area contributed by atoms with Gasteiger partial charge in [-0.15, -0.1) is 0 Å². The van der Waals surface area contributed by atoms with E-state index in [9.17, 15) is 9.59 Å². The highest BCUT2D eigenvalue weighted by Gasteiger charge is 2.42. The average Bonchev–Trinajstić information content (AvgIpc) is 3.04. The van der Waals surface area contributed by atoms with Gasteiger partial charge < -0.3 is 14.5 Å². The summed E-state index contributed by atoms with van der Waals surface area (Å²) >= 11 is 0. The van der Waals surface area contributed by atoms with Gasteiger partial charge in [0.2, 0.25) is 0 Å². The van der Waals surface area contributed by atoms with Gasteiger partial charge in [-0.2, -0.15) is 0 Å². The van der Waals surface area contributed by atoms with Crippen molar-refractivity contribution in [3.63, 3.8) is 0 Å². The molecule has 5 heteroatoms. The molecule has 2 atom stereocenters. The standard InChI is InChI=1S/C18H24N2O3/c1-18(2,3)23-17(22)20-10-14-8-19(9-15(14)11-20)16-6-4-13(12-21)5-7-16/h4-7,12,14-15H,8-11H2,1-3H3. The van der Waals surface area contributed by atoms with E-state index in [0.29, 0.717) is 17.4 Å². The number of aldehydes is 1. The molecule has 0 bridgehead atoms. The lowest BCUT2D eigenvalue weighted by atomic mass is 10.0. The number of likely N-dealkylation sites (tertiary alicyclic amines) is 1. The summed E-state index contributed by atoms with van der Waals surface area (Å²) < 4.78 is 5.46. The van der Waals surface area contributed by atoms with Crippen molar-refractivity contribution in [1.82, 2.24) is 4.90 Å². The summed E-state index contributed by atoms with van der Waals surface area (Å²) in [5, 5.41) is 0. The van der Waals surface area contributed by atoms with Crippen LogP contribution in [0, 0.1) is 11.8 Å². The Bertz CT molecular complexity index is 577. The third-order valence-corrected chi connectivity index (χ3v) is 4.53. The molecule has 0 radical (unpaired) electrons. The topological polar surface area (TPSA) is 49.9 Å². The first kappa shape index (κ1) is 15.8. The molecule has 0 N–H and O–H groups in total. The van der Waals surface area contributed by atoms with Crippen LogP contribution in [0.15, 0.2) is 24.3 Å². The summed E-state index contributed by atoms with van der Waals surface area (Å²) in [6.07, 6.45) is 0.662. The fourth-order valence-corrected chi connectivity index (χ4v) is 3.44. The van der Waals surface area contributed by atoms with E-state index in [0.717, 1.165) is 38.2 Å². The van der Waals surface area contributed by atoms with Crippen molar-refractivity contribution in [1.29, 1.82) is 0 Å². The maximum absolute atomic E-state index is 12.2. The molecule has 124 valence electrons. The molecule has 1 aromatic carbocycles. The lowest BCUT2D eigenvalue weighted by Crippen LogP contribution is -2.37. The summed E-state index contributed by atoms with van der Waals surface area (Å²) in [6.45, 7) is 9.12. The number of amides is 1. The SMILES string of the molecule is CC(C)(C)OC(=O)N1CC2CN(c3ccc(C=O)cc3)CC2C1. The third-order valence-electron chi connectivity index (χ3n) is 4.53. The molecule has 0 aliphatic carbocycles. The normalized spacial score (nSPS) is 23.8. The quantitative estimate of drug-likeness (QED) is 0.787. The van der Waals surface area contributed by atoms with Crippen molar-refractivity contribution < 1.29 is 14.3 Å². The van der Waals surface area contributed by atoms with Gasteiger partial charge >= 0.3 is 6.09 Å². The maximum Gasteiger partial charge on any atom is 0.410 e. The fourth-order valence-electron chi connectivity index (χ4n) is 3.44. The molecular formula is C18H24N2O3. The zero-order valence-electron chi connectivity index (χ0n) is 14.0. The lowest BCUT2D eigenvalue weighted by molar-refractivity contribution is 0.0282. The number of anilines is 1. The first-order valence-electron chi connectivity index (χ1n) is 8.14. The highest BCUT2D eigenvalue weighted by molar-refractivity contribution is 5.75. The van der Waals surface area contributed by atoms with Gasteiger partial charge in [-0.3, -0.25) is 4.79 Å². The monoisotopic (exact) mass is 316 g/mol. The molecule has 0 saturated carbocycles. The predicted octanol–water partition coefficient (Wildman–Crippen LogP) is 2.80. The number of carbonyl (C=O) groups excluding carboxylic acids is 2. The Kier molecular flexibility index (Phi) is 4.04. The van der Waals surface area contributed by atoms with Crippen molar-refractivity contribution in [3.8, 4) is 0 Å². The molecule has 0 aromatic heterocycles. The molecular weight excluding hydrogens is 292 g/mol. The minimum atomic E-state index is -0.443. The Balaban J connectivity index is 1.58. The highest BCUT2D eigenvalue weighted by Crippen LogP contribution is 2.34. The number of ether oxygens (including phenoxy) is 1. The van der Waals surface area contributed by atoms with Gasteiger partial charge in [0.05, 0.1) is 0 Å². The zero-order chi connectivity index (χ0) is 16.6. The second-order valence-electron chi connectivity index (χ2n) is 7.52. The van der Waals surface area contributed by atoms with E-state index in [4.69, 9.17) is 4.74 Å². The smallest absolute Gasteiger partial charge is 0.410 e. The number of fused-ring (bicyclic) bond motifs is 1.